The number of nitrogens with zero attached hydrogens (tertiary/aromatic N) is 3. The summed E-state index contributed by atoms with van der Waals surface area (Å²) in [7, 11) is 1.53. The van der Waals surface area contributed by atoms with Crippen molar-refractivity contribution in [3.8, 4) is 17.2 Å². The Morgan fingerprint density at radius 2 is 1.69 bits per heavy atom. The molecule has 1 saturated heterocycles. The van der Waals surface area contributed by atoms with Gasteiger partial charge in [0.25, 0.3) is 5.78 Å². The minimum atomic E-state index is -1.04. The number of Topliss-reactive ketones (excluding diaryl/α,β-unsaturated/α-hetero) is 1. The fraction of sp³-hybridized carbons (Fsp3) is 0.167. The second-order valence-corrected chi connectivity index (χ2v) is 13.1. The second kappa shape index (κ2) is 14.9. The number of amides is 1. The van der Waals surface area contributed by atoms with Gasteiger partial charge < -0.3 is 19.3 Å². The van der Waals surface area contributed by atoms with Crippen LogP contribution in [-0.4, -0.2) is 40.7 Å². The molecule has 0 saturated carbocycles. The molecule has 12 heteroatoms. The van der Waals surface area contributed by atoms with E-state index in [-0.39, 0.29) is 16.5 Å². The molecule has 1 atom stereocenters. The van der Waals surface area contributed by atoms with E-state index in [4.69, 9.17) is 25.8 Å². The van der Waals surface area contributed by atoms with Gasteiger partial charge in [0.15, 0.2) is 15.8 Å². The highest BCUT2D eigenvalue weighted by Crippen LogP contribution is 2.46. The van der Waals surface area contributed by atoms with Gasteiger partial charge in [-0.1, -0.05) is 89.3 Å². The summed E-state index contributed by atoms with van der Waals surface area (Å²) in [6.07, 6.45) is 0. The van der Waals surface area contributed by atoms with Gasteiger partial charge in [0.1, 0.15) is 18.1 Å². The number of benzene rings is 4. The van der Waals surface area contributed by atoms with Crippen LogP contribution in [0.3, 0.4) is 0 Å². The minimum absolute atomic E-state index is 0.0916. The van der Waals surface area contributed by atoms with Crippen LogP contribution in [0.5, 0.6) is 17.2 Å². The Balaban J connectivity index is 1.40. The van der Waals surface area contributed by atoms with Gasteiger partial charge in [0, 0.05) is 16.3 Å². The number of ether oxygens (including phenoxy) is 3. The highest BCUT2D eigenvalue weighted by molar-refractivity contribution is 8.00. The van der Waals surface area contributed by atoms with Gasteiger partial charge in [-0.15, -0.1) is 10.2 Å². The largest absolute Gasteiger partial charge is 0.507 e. The van der Waals surface area contributed by atoms with Gasteiger partial charge in [-0.3, -0.25) is 14.5 Å². The highest BCUT2D eigenvalue weighted by Gasteiger charge is 2.48. The first-order valence-electron chi connectivity index (χ1n) is 15.0. The van der Waals surface area contributed by atoms with E-state index in [9.17, 15) is 14.7 Å². The van der Waals surface area contributed by atoms with E-state index in [0.717, 1.165) is 11.1 Å². The van der Waals surface area contributed by atoms with E-state index >= 15 is 0 Å². The third-order valence-electron chi connectivity index (χ3n) is 7.54. The summed E-state index contributed by atoms with van der Waals surface area (Å²) in [5, 5.41) is 21.0. The van der Waals surface area contributed by atoms with Crippen molar-refractivity contribution in [3.63, 3.8) is 0 Å². The lowest BCUT2D eigenvalue weighted by Crippen LogP contribution is -2.29. The fourth-order valence-electron chi connectivity index (χ4n) is 5.18. The van der Waals surface area contributed by atoms with Gasteiger partial charge in [0.2, 0.25) is 5.13 Å². The zero-order valence-corrected chi connectivity index (χ0v) is 28.3. The molecule has 5 aromatic rings. The monoisotopic (exact) mass is 699 g/mol. The predicted molar refractivity (Wildman–Crippen MR) is 187 cm³/mol. The quantitative estimate of drug-likeness (QED) is 0.0454. The molecule has 1 N–H and O–H groups in total. The molecule has 1 aromatic heterocycles. The van der Waals surface area contributed by atoms with E-state index in [1.807, 2.05) is 61.5 Å². The van der Waals surface area contributed by atoms with Crippen LogP contribution in [0.4, 0.5) is 5.13 Å². The van der Waals surface area contributed by atoms with Crippen LogP contribution in [0, 0.1) is 0 Å². The summed E-state index contributed by atoms with van der Waals surface area (Å²) in [4.78, 5) is 28.8. The van der Waals surface area contributed by atoms with Gasteiger partial charge in [-0.05, 0) is 66.1 Å². The molecule has 1 fully saturated rings. The number of thioether (sulfide) groups is 1. The van der Waals surface area contributed by atoms with Crippen LogP contribution in [-0.2, 0) is 21.9 Å². The van der Waals surface area contributed by atoms with Crippen molar-refractivity contribution in [2.24, 2.45) is 0 Å². The van der Waals surface area contributed by atoms with Gasteiger partial charge in [-0.2, -0.15) is 0 Å². The molecule has 0 spiro atoms. The summed E-state index contributed by atoms with van der Waals surface area (Å²) in [6, 6.07) is 28.0. The summed E-state index contributed by atoms with van der Waals surface area (Å²) in [5.74, 6) is 0.0126. The number of rotatable bonds is 12. The zero-order valence-electron chi connectivity index (χ0n) is 26.0. The third kappa shape index (κ3) is 7.03. The van der Waals surface area contributed by atoms with E-state index in [0.29, 0.717) is 56.7 Å². The number of carbonyl (C=O) groups excluding carboxylic acids is 2. The normalized spacial score (nSPS) is 15.5. The highest BCUT2D eigenvalue weighted by atomic mass is 35.5. The van der Waals surface area contributed by atoms with E-state index in [1.165, 1.54) is 35.1 Å². The molecule has 244 valence electrons. The van der Waals surface area contributed by atoms with Crippen molar-refractivity contribution in [2.45, 2.75) is 29.7 Å². The number of aliphatic hydroxyl groups is 1. The van der Waals surface area contributed by atoms with Crippen LogP contribution < -0.4 is 19.1 Å². The van der Waals surface area contributed by atoms with Crippen molar-refractivity contribution in [2.75, 3.05) is 18.6 Å². The second-order valence-electron chi connectivity index (χ2n) is 10.5. The number of aromatic nitrogens is 2. The van der Waals surface area contributed by atoms with Crippen LogP contribution in [0.25, 0.3) is 5.76 Å². The van der Waals surface area contributed by atoms with Gasteiger partial charge >= 0.3 is 5.91 Å². The first kappa shape index (κ1) is 33.1. The van der Waals surface area contributed by atoms with Crippen molar-refractivity contribution in [1.29, 1.82) is 0 Å². The molecule has 1 aliphatic rings. The number of ketones is 1. The molecule has 2 heterocycles. The maximum Gasteiger partial charge on any atom is 0.301 e. The SMILES string of the molecule is CCOc1cc(C2/C(=C(\O)c3ccc(OC)cc3)C(=O)C(=O)N2c2nnc(SCc3ccccc3Cl)s2)ccc1OCc1ccccc1. The van der Waals surface area contributed by atoms with Crippen LogP contribution in [0.15, 0.2) is 107 Å². The molecule has 1 unspecified atom stereocenters. The number of hydrogen-bond acceptors (Lipinski definition) is 10. The van der Waals surface area contributed by atoms with Gasteiger partial charge in [0.05, 0.1) is 25.3 Å². The molecular weight excluding hydrogens is 670 g/mol. The summed E-state index contributed by atoms with van der Waals surface area (Å²) >= 11 is 8.93. The number of carbonyl (C=O) groups is 2. The van der Waals surface area contributed by atoms with Crippen molar-refractivity contribution in [3.05, 3.63) is 130 Å². The number of aliphatic hydroxyl groups excluding tert-OH is 1. The number of halogens is 1. The Hall–Kier alpha value is -4.84. The molecule has 1 aliphatic heterocycles. The molecule has 9 nitrogen and oxygen atoms in total. The van der Waals surface area contributed by atoms with Crippen LogP contribution in [0.2, 0.25) is 5.02 Å². The number of methoxy groups -OCH3 is 1. The predicted octanol–water partition coefficient (Wildman–Crippen LogP) is 8.10. The molecule has 48 heavy (non-hydrogen) atoms. The van der Waals surface area contributed by atoms with Crippen molar-refractivity contribution in [1.82, 2.24) is 10.2 Å². The topological polar surface area (TPSA) is 111 Å². The standard InChI is InChI=1S/C36H30ClN3O6S2/c1-3-45-29-19-24(15-18-28(29)46-20-22-9-5-4-6-10-22)31-30(32(41)23-13-16-26(44-2)17-14-23)33(42)34(43)40(31)35-38-39-36(48-35)47-21-25-11-7-8-12-27(25)37/h4-19,31,41H,3,20-21H2,1-2H3/b32-30+. The maximum atomic E-state index is 13.8. The van der Waals surface area contributed by atoms with Crippen LogP contribution in [0.1, 0.15) is 35.2 Å². The van der Waals surface area contributed by atoms with E-state index < -0.39 is 17.7 Å². The lowest BCUT2D eigenvalue weighted by atomic mass is 9.95. The number of hydrogen-bond donors (Lipinski definition) is 1. The molecule has 1 amide bonds. The zero-order chi connectivity index (χ0) is 33.6. The fourth-order valence-corrected chi connectivity index (χ4v) is 7.33. The van der Waals surface area contributed by atoms with Crippen LogP contribution >= 0.6 is 34.7 Å². The molecule has 0 aliphatic carbocycles. The average molecular weight is 700 g/mol. The first-order chi connectivity index (χ1) is 23.4. The Kier molecular flexibility index (Phi) is 10.3. The van der Waals surface area contributed by atoms with Gasteiger partial charge in [-0.25, -0.2) is 0 Å². The number of anilines is 1. The lowest BCUT2D eigenvalue weighted by Gasteiger charge is -2.23. The Bertz CT molecular complexity index is 1970. The molecular formula is C36H30ClN3O6S2. The lowest BCUT2D eigenvalue weighted by molar-refractivity contribution is -0.132. The van der Waals surface area contributed by atoms with Crippen molar-refractivity contribution >= 4 is 57.3 Å². The summed E-state index contributed by atoms with van der Waals surface area (Å²) in [6.45, 7) is 2.52. The molecule has 4 aromatic carbocycles. The smallest absolute Gasteiger partial charge is 0.301 e. The average Bonchev–Trinajstić information content (AvgIpc) is 3.69. The molecule has 0 bridgehead atoms. The Morgan fingerprint density at radius 3 is 2.42 bits per heavy atom. The van der Waals surface area contributed by atoms with E-state index in [1.54, 1.807) is 42.5 Å². The molecule has 0 radical (unpaired) electrons. The Morgan fingerprint density at radius 1 is 0.938 bits per heavy atom. The molecule has 6 rings (SSSR count). The van der Waals surface area contributed by atoms with E-state index in [2.05, 4.69) is 10.2 Å². The minimum Gasteiger partial charge on any atom is -0.507 e. The first-order valence-corrected chi connectivity index (χ1v) is 17.1. The summed E-state index contributed by atoms with van der Waals surface area (Å²) in [5.41, 5.74) is 2.68. The Labute approximate surface area is 290 Å². The third-order valence-corrected chi connectivity index (χ3v) is 10.0. The summed E-state index contributed by atoms with van der Waals surface area (Å²) < 4.78 is 17.9. The maximum absolute atomic E-state index is 13.8. The van der Waals surface area contributed by atoms with Crippen molar-refractivity contribution < 1.29 is 28.9 Å².